The number of ether oxygens (including phenoxy) is 1. The highest BCUT2D eigenvalue weighted by atomic mass is 16.5. The van der Waals surface area contributed by atoms with Crippen molar-refractivity contribution in [1.82, 2.24) is 4.90 Å². The van der Waals surface area contributed by atoms with Gasteiger partial charge >= 0.3 is 0 Å². The molecule has 18 heavy (non-hydrogen) atoms. The highest BCUT2D eigenvalue weighted by Gasteiger charge is 2.50. The van der Waals surface area contributed by atoms with Crippen LogP contribution in [0.15, 0.2) is 24.3 Å². The molecule has 0 spiro atoms. The highest BCUT2D eigenvalue weighted by Crippen LogP contribution is 2.41. The number of fused-ring (bicyclic) bond motifs is 1. The van der Waals surface area contributed by atoms with E-state index < -0.39 is 0 Å². The van der Waals surface area contributed by atoms with E-state index in [1.165, 1.54) is 4.90 Å². The van der Waals surface area contributed by atoms with Gasteiger partial charge in [-0.05, 0) is 31.9 Å². The fourth-order valence-electron chi connectivity index (χ4n) is 2.83. The average molecular weight is 245 g/mol. The standard InChI is InChI=1S/C14H15NO3/c1-14(18-2)7-9(8-14)15-12(16)10-5-3-4-6-11(10)13(15)17/h3-6,9H,7-8H2,1-2H3. The lowest BCUT2D eigenvalue weighted by Gasteiger charge is -2.46. The molecule has 3 rings (SSSR count). The molecule has 0 bridgehead atoms. The molecule has 1 fully saturated rings. The van der Waals surface area contributed by atoms with Crippen molar-refractivity contribution in [3.63, 3.8) is 0 Å². The first-order valence-electron chi connectivity index (χ1n) is 6.08. The minimum Gasteiger partial charge on any atom is -0.378 e. The molecular formula is C14H15NO3. The van der Waals surface area contributed by atoms with Crippen molar-refractivity contribution in [1.29, 1.82) is 0 Å². The Balaban J connectivity index is 1.86. The molecule has 0 aromatic heterocycles. The summed E-state index contributed by atoms with van der Waals surface area (Å²) in [6.45, 7) is 2.00. The van der Waals surface area contributed by atoms with Gasteiger partial charge in [0.2, 0.25) is 0 Å². The van der Waals surface area contributed by atoms with E-state index in [1.54, 1.807) is 31.4 Å². The molecule has 1 aliphatic carbocycles. The van der Waals surface area contributed by atoms with Crippen LogP contribution >= 0.6 is 0 Å². The average Bonchev–Trinajstić information content (AvgIpc) is 2.59. The Kier molecular flexibility index (Phi) is 2.32. The summed E-state index contributed by atoms with van der Waals surface area (Å²) in [5, 5.41) is 0. The molecular weight excluding hydrogens is 230 g/mol. The number of benzene rings is 1. The lowest BCUT2D eigenvalue weighted by Crippen LogP contribution is -2.56. The normalized spacial score (nSPS) is 30.3. The van der Waals surface area contributed by atoms with Crippen LogP contribution in [0.1, 0.15) is 40.5 Å². The van der Waals surface area contributed by atoms with Crippen LogP contribution in [0.4, 0.5) is 0 Å². The van der Waals surface area contributed by atoms with E-state index in [2.05, 4.69) is 0 Å². The van der Waals surface area contributed by atoms with E-state index in [0.717, 1.165) is 12.8 Å². The first-order chi connectivity index (χ1) is 8.56. The molecule has 1 aliphatic heterocycles. The number of imide groups is 1. The summed E-state index contributed by atoms with van der Waals surface area (Å²) in [6.07, 6.45) is 1.43. The molecule has 1 saturated carbocycles. The third-order valence-corrected chi connectivity index (χ3v) is 4.02. The van der Waals surface area contributed by atoms with Crippen LogP contribution in [0.2, 0.25) is 0 Å². The number of carbonyl (C=O) groups is 2. The molecule has 1 aromatic rings. The zero-order chi connectivity index (χ0) is 12.9. The number of nitrogens with zero attached hydrogens (tertiary/aromatic N) is 1. The van der Waals surface area contributed by atoms with Gasteiger partial charge < -0.3 is 4.74 Å². The van der Waals surface area contributed by atoms with Crippen molar-refractivity contribution >= 4 is 11.8 Å². The number of carbonyl (C=O) groups excluding carboxylic acids is 2. The van der Waals surface area contributed by atoms with Crippen LogP contribution in [0.25, 0.3) is 0 Å². The number of hydrogen-bond acceptors (Lipinski definition) is 3. The molecule has 4 heteroatoms. The SMILES string of the molecule is COC1(C)CC(N2C(=O)c3ccccc3C2=O)C1. The van der Waals surface area contributed by atoms with E-state index in [4.69, 9.17) is 4.74 Å². The van der Waals surface area contributed by atoms with Crippen molar-refractivity contribution < 1.29 is 14.3 Å². The molecule has 94 valence electrons. The van der Waals surface area contributed by atoms with Gasteiger partial charge in [0.05, 0.1) is 16.7 Å². The lowest BCUT2D eigenvalue weighted by atomic mass is 9.76. The van der Waals surface area contributed by atoms with Gasteiger partial charge in [0.25, 0.3) is 11.8 Å². The molecule has 0 N–H and O–H groups in total. The summed E-state index contributed by atoms with van der Waals surface area (Å²) in [6, 6.07) is 6.97. The van der Waals surface area contributed by atoms with Crippen LogP contribution in [-0.4, -0.2) is 35.5 Å². The smallest absolute Gasteiger partial charge is 0.261 e. The number of amides is 2. The first kappa shape index (κ1) is 11.4. The largest absolute Gasteiger partial charge is 0.378 e. The van der Waals surface area contributed by atoms with E-state index in [-0.39, 0.29) is 23.5 Å². The Labute approximate surface area is 106 Å². The van der Waals surface area contributed by atoms with Crippen LogP contribution in [0.3, 0.4) is 0 Å². The second-order valence-corrected chi connectivity index (χ2v) is 5.24. The molecule has 2 aliphatic rings. The molecule has 1 heterocycles. The maximum Gasteiger partial charge on any atom is 0.261 e. The minimum atomic E-state index is -0.194. The minimum absolute atomic E-state index is 0.0256. The third-order valence-electron chi connectivity index (χ3n) is 4.02. The lowest BCUT2D eigenvalue weighted by molar-refractivity contribution is -0.0911. The van der Waals surface area contributed by atoms with E-state index in [9.17, 15) is 9.59 Å². The zero-order valence-corrected chi connectivity index (χ0v) is 10.5. The molecule has 2 amide bonds. The molecule has 0 radical (unpaired) electrons. The Morgan fingerprint density at radius 1 is 1.17 bits per heavy atom. The monoisotopic (exact) mass is 245 g/mol. The number of methoxy groups -OCH3 is 1. The van der Waals surface area contributed by atoms with Crippen LogP contribution in [0, 0.1) is 0 Å². The van der Waals surface area contributed by atoms with Gasteiger partial charge in [0, 0.05) is 13.2 Å². The molecule has 0 saturated heterocycles. The van der Waals surface area contributed by atoms with Crippen LogP contribution in [0.5, 0.6) is 0 Å². The van der Waals surface area contributed by atoms with Crippen molar-refractivity contribution in [2.45, 2.75) is 31.4 Å². The van der Waals surface area contributed by atoms with Crippen LogP contribution < -0.4 is 0 Å². The molecule has 1 aromatic carbocycles. The fourth-order valence-corrected chi connectivity index (χ4v) is 2.83. The second kappa shape index (κ2) is 3.65. The van der Waals surface area contributed by atoms with Crippen molar-refractivity contribution in [3.05, 3.63) is 35.4 Å². The summed E-state index contributed by atoms with van der Waals surface area (Å²) in [4.78, 5) is 25.8. The Morgan fingerprint density at radius 2 is 1.67 bits per heavy atom. The van der Waals surface area contributed by atoms with E-state index in [0.29, 0.717) is 11.1 Å². The van der Waals surface area contributed by atoms with Gasteiger partial charge in [-0.2, -0.15) is 0 Å². The topological polar surface area (TPSA) is 46.6 Å². The molecule has 0 unspecified atom stereocenters. The maximum atomic E-state index is 12.2. The van der Waals surface area contributed by atoms with Gasteiger partial charge in [0.1, 0.15) is 0 Å². The molecule has 0 atom stereocenters. The Hall–Kier alpha value is -1.68. The summed E-state index contributed by atoms with van der Waals surface area (Å²) in [7, 11) is 1.67. The van der Waals surface area contributed by atoms with Gasteiger partial charge in [-0.3, -0.25) is 14.5 Å². The Bertz CT molecular complexity index is 497. The van der Waals surface area contributed by atoms with Crippen molar-refractivity contribution in [2.75, 3.05) is 7.11 Å². The van der Waals surface area contributed by atoms with E-state index >= 15 is 0 Å². The first-order valence-corrected chi connectivity index (χ1v) is 6.08. The summed E-state index contributed by atoms with van der Waals surface area (Å²) < 4.78 is 5.36. The van der Waals surface area contributed by atoms with Gasteiger partial charge in [0.15, 0.2) is 0 Å². The maximum absolute atomic E-state index is 12.2. The molecule has 4 nitrogen and oxygen atoms in total. The fraction of sp³-hybridized carbons (Fsp3) is 0.429. The predicted octanol–water partition coefficient (Wildman–Crippen LogP) is 1.85. The second-order valence-electron chi connectivity index (χ2n) is 5.24. The van der Waals surface area contributed by atoms with Crippen molar-refractivity contribution in [3.8, 4) is 0 Å². The summed E-state index contributed by atoms with van der Waals surface area (Å²) in [5.74, 6) is -0.336. The zero-order valence-electron chi connectivity index (χ0n) is 10.5. The summed E-state index contributed by atoms with van der Waals surface area (Å²) in [5.41, 5.74) is 0.849. The number of rotatable bonds is 2. The third kappa shape index (κ3) is 1.42. The van der Waals surface area contributed by atoms with E-state index in [1.807, 2.05) is 6.92 Å². The van der Waals surface area contributed by atoms with Crippen molar-refractivity contribution in [2.24, 2.45) is 0 Å². The summed E-state index contributed by atoms with van der Waals surface area (Å²) >= 11 is 0. The quantitative estimate of drug-likeness (QED) is 0.747. The Morgan fingerprint density at radius 3 is 2.11 bits per heavy atom. The van der Waals surface area contributed by atoms with Crippen LogP contribution in [-0.2, 0) is 4.74 Å². The van der Waals surface area contributed by atoms with Gasteiger partial charge in [-0.25, -0.2) is 0 Å². The highest BCUT2D eigenvalue weighted by molar-refractivity contribution is 6.21. The predicted molar refractivity (Wildman–Crippen MR) is 65.4 cm³/mol. The van der Waals surface area contributed by atoms with Gasteiger partial charge in [-0.1, -0.05) is 12.1 Å². The van der Waals surface area contributed by atoms with Gasteiger partial charge in [-0.15, -0.1) is 0 Å². The number of hydrogen-bond donors (Lipinski definition) is 0.